The molecule has 1 N–H and O–H groups in total. The molecule has 0 saturated carbocycles. The van der Waals surface area contributed by atoms with E-state index in [-0.39, 0.29) is 6.79 Å². The minimum absolute atomic E-state index is 0.239. The number of carboxylic acid groups (broad SMARTS) is 1. The average molecular weight is 291 g/mol. The molecule has 0 radical (unpaired) electrons. The van der Waals surface area contributed by atoms with Gasteiger partial charge in [-0.2, -0.15) is 0 Å². The molecule has 1 aromatic carbocycles. The van der Waals surface area contributed by atoms with Crippen LogP contribution in [0.1, 0.15) is 41.3 Å². The molecular weight excluding hydrogens is 270 g/mol. The molecule has 0 aliphatic carbocycles. The van der Waals surface area contributed by atoms with Crippen LogP contribution in [0.25, 0.3) is 0 Å². The number of benzene rings is 1. The van der Waals surface area contributed by atoms with Gasteiger partial charge in [0.05, 0.1) is 12.2 Å². The Labute approximate surface area is 124 Å². The molecule has 1 saturated heterocycles. The summed E-state index contributed by atoms with van der Waals surface area (Å²) in [7, 11) is 0. The van der Waals surface area contributed by atoms with E-state index < -0.39 is 5.97 Å². The number of fused-ring (bicyclic) bond motifs is 1. The number of ether oxygens (including phenoxy) is 2. The van der Waals surface area contributed by atoms with Crippen LogP contribution in [0.3, 0.4) is 0 Å². The second-order valence-corrected chi connectivity index (χ2v) is 6.02. The molecule has 5 nitrogen and oxygen atoms in total. The van der Waals surface area contributed by atoms with E-state index in [1.54, 1.807) is 12.1 Å². The van der Waals surface area contributed by atoms with Crippen LogP contribution in [0, 0.1) is 5.92 Å². The summed E-state index contributed by atoms with van der Waals surface area (Å²) in [4.78, 5) is 13.7. The predicted molar refractivity (Wildman–Crippen MR) is 77.4 cm³/mol. The summed E-state index contributed by atoms with van der Waals surface area (Å²) in [6.45, 7) is 5.78. The van der Waals surface area contributed by atoms with Gasteiger partial charge in [0.2, 0.25) is 0 Å². The molecule has 1 fully saturated rings. The largest absolute Gasteiger partial charge is 0.478 e. The fourth-order valence-corrected chi connectivity index (χ4v) is 3.21. The second-order valence-electron chi connectivity index (χ2n) is 6.02. The summed E-state index contributed by atoms with van der Waals surface area (Å²) in [6, 6.07) is 3.39. The number of aromatic carboxylic acids is 1. The zero-order valence-electron chi connectivity index (χ0n) is 12.3. The fraction of sp³-hybridized carbons (Fsp3) is 0.562. The molecule has 0 spiro atoms. The molecule has 21 heavy (non-hydrogen) atoms. The highest BCUT2D eigenvalue weighted by Gasteiger charge is 2.22. The van der Waals surface area contributed by atoms with E-state index >= 15 is 0 Å². The molecule has 2 aliphatic rings. The van der Waals surface area contributed by atoms with Gasteiger partial charge in [-0.1, -0.05) is 6.92 Å². The fourth-order valence-electron chi connectivity index (χ4n) is 3.21. The van der Waals surface area contributed by atoms with Crippen LogP contribution in [0.2, 0.25) is 0 Å². The van der Waals surface area contributed by atoms with Crippen molar-refractivity contribution in [1.82, 2.24) is 4.90 Å². The third-order valence-corrected chi connectivity index (χ3v) is 4.17. The minimum atomic E-state index is -0.906. The standard InChI is InChI=1S/C16H21NO4/c1-11-3-2-4-17(7-11)8-13-5-12(16(18)19)6-14-9-20-10-21-15(13)14/h5-6,11H,2-4,7-10H2,1H3,(H,18,19). The van der Waals surface area contributed by atoms with E-state index in [0.29, 0.717) is 18.1 Å². The van der Waals surface area contributed by atoms with Gasteiger partial charge in [-0.25, -0.2) is 4.79 Å². The molecule has 0 aromatic heterocycles. The van der Waals surface area contributed by atoms with Crippen molar-refractivity contribution >= 4 is 5.97 Å². The van der Waals surface area contributed by atoms with Crippen LogP contribution in [0.15, 0.2) is 12.1 Å². The van der Waals surface area contributed by atoms with Gasteiger partial charge in [-0.3, -0.25) is 4.90 Å². The van der Waals surface area contributed by atoms with Gasteiger partial charge in [0, 0.05) is 24.2 Å². The van der Waals surface area contributed by atoms with Crippen LogP contribution in [-0.4, -0.2) is 35.9 Å². The van der Waals surface area contributed by atoms with E-state index in [9.17, 15) is 9.90 Å². The highest BCUT2D eigenvalue weighted by atomic mass is 16.7. The van der Waals surface area contributed by atoms with Crippen molar-refractivity contribution in [3.8, 4) is 5.75 Å². The van der Waals surface area contributed by atoms with E-state index in [1.165, 1.54) is 12.8 Å². The van der Waals surface area contributed by atoms with Gasteiger partial charge in [0.25, 0.3) is 0 Å². The molecule has 2 heterocycles. The van der Waals surface area contributed by atoms with Gasteiger partial charge in [0.1, 0.15) is 5.75 Å². The SMILES string of the molecule is CC1CCCN(Cc2cc(C(=O)O)cc3c2OCOC3)C1. The number of hydrogen-bond donors (Lipinski definition) is 1. The van der Waals surface area contributed by atoms with Crippen LogP contribution < -0.4 is 4.74 Å². The first kappa shape index (κ1) is 14.4. The van der Waals surface area contributed by atoms with Crippen molar-refractivity contribution in [2.45, 2.75) is 32.9 Å². The number of piperidine rings is 1. The zero-order valence-corrected chi connectivity index (χ0v) is 12.3. The Morgan fingerprint density at radius 1 is 1.48 bits per heavy atom. The van der Waals surface area contributed by atoms with Crippen molar-refractivity contribution in [3.63, 3.8) is 0 Å². The third-order valence-electron chi connectivity index (χ3n) is 4.17. The summed E-state index contributed by atoms with van der Waals surface area (Å²) < 4.78 is 10.9. The van der Waals surface area contributed by atoms with Crippen molar-refractivity contribution < 1.29 is 19.4 Å². The van der Waals surface area contributed by atoms with Gasteiger partial charge in [0.15, 0.2) is 6.79 Å². The van der Waals surface area contributed by atoms with Gasteiger partial charge in [-0.05, 0) is 37.4 Å². The maximum atomic E-state index is 11.3. The summed E-state index contributed by atoms with van der Waals surface area (Å²) in [5, 5.41) is 9.26. The summed E-state index contributed by atoms with van der Waals surface area (Å²) >= 11 is 0. The third kappa shape index (κ3) is 3.19. The average Bonchev–Trinajstić information content (AvgIpc) is 2.47. The Morgan fingerprint density at radius 3 is 3.10 bits per heavy atom. The Kier molecular flexibility index (Phi) is 4.12. The van der Waals surface area contributed by atoms with Crippen molar-refractivity contribution in [2.75, 3.05) is 19.9 Å². The van der Waals surface area contributed by atoms with E-state index in [1.807, 2.05) is 0 Å². The Hall–Kier alpha value is -1.59. The first-order valence-electron chi connectivity index (χ1n) is 7.45. The number of carboxylic acids is 1. The molecule has 0 bridgehead atoms. The second kappa shape index (κ2) is 6.03. The monoisotopic (exact) mass is 291 g/mol. The van der Waals surface area contributed by atoms with Crippen molar-refractivity contribution in [3.05, 3.63) is 28.8 Å². The van der Waals surface area contributed by atoms with Gasteiger partial charge >= 0.3 is 5.97 Å². The highest BCUT2D eigenvalue weighted by molar-refractivity contribution is 5.88. The van der Waals surface area contributed by atoms with E-state index in [4.69, 9.17) is 9.47 Å². The molecule has 2 aliphatic heterocycles. The minimum Gasteiger partial charge on any atom is -0.478 e. The topological polar surface area (TPSA) is 59.0 Å². The Bertz CT molecular complexity index is 543. The van der Waals surface area contributed by atoms with Crippen LogP contribution >= 0.6 is 0 Å². The number of hydrogen-bond acceptors (Lipinski definition) is 4. The number of nitrogens with zero attached hydrogens (tertiary/aromatic N) is 1. The Morgan fingerprint density at radius 2 is 2.33 bits per heavy atom. The lowest BCUT2D eigenvalue weighted by molar-refractivity contribution is -0.0176. The maximum absolute atomic E-state index is 11.3. The Balaban J connectivity index is 1.88. The van der Waals surface area contributed by atoms with Crippen LogP contribution in [0.4, 0.5) is 0 Å². The van der Waals surface area contributed by atoms with Gasteiger partial charge < -0.3 is 14.6 Å². The van der Waals surface area contributed by atoms with E-state index in [0.717, 1.165) is 36.5 Å². The number of carbonyl (C=O) groups is 1. The first-order chi connectivity index (χ1) is 10.1. The number of rotatable bonds is 3. The zero-order chi connectivity index (χ0) is 14.8. The van der Waals surface area contributed by atoms with Crippen molar-refractivity contribution in [1.29, 1.82) is 0 Å². The quantitative estimate of drug-likeness (QED) is 0.927. The lowest BCUT2D eigenvalue weighted by Crippen LogP contribution is -2.34. The van der Waals surface area contributed by atoms with Gasteiger partial charge in [-0.15, -0.1) is 0 Å². The summed E-state index contributed by atoms with van der Waals surface area (Å²) in [5.41, 5.74) is 2.10. The molecular formula is C16H21NO4. The van der Waals surface area contributed by atoms with Crippen LogP contribution in [0.5, 0.6) is 5.75 Å². The predicted octanol–water partition coefficient (Wildman–Crippen LogP) is 2.48. The molecule has 1 atom stereocenters. The molecule has 5 heteroatoms. The molecule has 3 rings (SSSR count). The molecule has 114 valence electrons. The van der Waals surface area contributed by atoms with Crippen molar-refractivity contribution in [2.24, 2.45) is 5.92 Å². The summed E-state index contributed by atoms with van der Waals surface area (Å²) in [5.74, 6) is 0.600. The normalized spacial score (nSPS) is 22.4. The lowest BCUT2D eigenvalue weighted by atomic mass is 9.98. The molecule has 1 unspecified atom stereocenters. The smallest absolute Gasteiger partial charge is 0.335 e. The first-order valence-corrected chi connectivity index (χ1v) is 7.45. The summed E-state index contributed by atoms with van der Waals surface area (Å²) in [6.07, 6.45) is 2.47. The maximum Gasteiger partial charge on any atom is 0.335 e. The lowest BCUT2D eigenvalue weighted by Gasteiger charge is -2.32. The van der Waals surface area contributed by atoms with Crippen LogP contribution in [-0.2, 0) is 17.9 Å². The molecule has 1 aromatic rings. The van der Waals surface area contributed by atoms with E-state index in [2.05, 4.69) is 11.8 Å². The highest BCUT2D eigenvalue weighted by Crippen LogP contribution is 2.31. The molecule has 0 amide bonds. The number of likely N-dealkylation sites (tertiary alicyclic amines) is 1.